The molecule has 3 aromatic heterocycles. The quantitative estimate of drug-likeness (QED) is 0.366. The number of imidazole rings is 1. The van der Waals surface area contributed by atoms with Crippen molar-refractivity contribution < 1.29 is 22.7 Å². The fourth-order valence-electron chi connectivity index (χ4n) is 4.96. The van der Waals surface area contributed by atoms with Gasteiger partial charge in [-0.25, -0.2) is 9.97 Å². The number of anilines is 2. The van der Waals surface area contributed by atoms with E-state index in [1.54, 1.807) is 52.4 Å². The van der Waals surface area contributed by atoms with Gasteiger partial charge in [-0.05, 0) is 43.2 Å². The predicted molar refractivity (Wildman–Crippen MR) is 132 cm³/mol. The van der Waals surface area contributed by atoms with Crippen LogP contribution in [-0.4, -0.2) is 36.7 Å². The van der Waals surface area contributed by atoms with Crippen molar-refractivity contribution in [3.63, 3.8) is 0 Å². The van der Waals surface area contributed by atoms with Crippen LogP contribution in [0.2, 0.25) is 0 Å². The summed E-state index contributed by atoms with van der Waals surface area (Å²) in [5.74, 6) is 0.0744. The molecule has 7 rings (SSSR count). The predicted octanol–water partition coefficient (Wildman–Crippen LogP) is 4.80. The van der Waals surface area contributed by atoms with Crippen LogP contribution in [0.1, 0.15) is 46.4 Å². The van der Waals surface area contributed by atoms with Crippen LogP contribution in [0.4, 0.5) is 24.7 Å². The number of hydrogen-bond donors (Lipinski definition) is 1. The number of nitrogen functional groups attached to an aromatic ring is 1. The van der Waals surface area contributed by atoms with Crippen LogP contribution in [0.25, 0.3) is 16.6 Å². The minimum atomic E-state index is -4.50. The lowest BCUT2D eigenvalue weighted by molar-refractivity contribution is -0.137. The smallest absolute Gasteiger partial charge is 0.416 e. The summed E-state index contributed by atoms with van der Waals surface area (Å²) in [5, 5.41) is 4.44. The fourth-order valence-corrected chi connectivity index (χ4v) is 4.96. The number of rotatable bonds is 4. The van der Waals surface area contributed by atoms with Crippen LogP contribution >= 0.6 is 0 Å². The van der Waals surface area contributed by atoms with Crippen LogP contribution in [0, 0.1) is 0 Å². The third kappa shape index (κ3) is 3.55. The van der Waals surface area contributed by atoms with Gasteiger partial charge in [-0.1, -0.05) is 6.07 Å². The van der Waals surface area contributed by atoms with Gasteiger partial charge in [0.1, 0.15) is 23.7 Å². The number of benzene rings is 2. The zero-order chi connectivity index (χ0) is 26.2. The largest absolute Gasteiger partial charge is 0.491 e. The van der Waals surface area contributed by atoms with Crippen molar-refractivity contribution in [1.29, 1.82) is 0 Å². The maximum absolute atomic E-state index is 14.1. The Balaban J connectivity index is 1.34. The molecule has 1 atom stereocenters. The number of ether oxygens (including phenoxy) is 1. The molecule has 1 amide bonds. The first-order chi connectivity index (χ1) is 18.3. The molecule has 0 spiro atoms. The molecule has 192 valence electrons. The fraction of sp³-hybridized carbons (Fsp3) is 0.231. The van der Waals surface area contributed by atoms with Gasteiger partial charge < -0.3 is 10.5 Å². The molecule has 4 heterocycles. The van der Waals surface area contributed by atoms with E-state index in [-0.39, 0.29) is 24.3 Å². The molecule has 1 aliphatic heterocycles. The van der Waals surface area contributed by atoms with Crippen molar-refractivity contribution in [2.75, 3.05) is 17.2 Å². The number of amides is 1. The number of halogens is 3. The van der Waals surface area contributed by atoms with E-state index in [1.165, 1.54) is 6.07 Å². The number of aromatic nitrogens is 5. The number of nitrogens with zero attached hydrogens (tertiary/aromatic N) is 6. The van der Waals surface area contributed by atoms with Crippen molar-refractivity contribution in [2.24, 2.45) is 0 Å². The SMILES string of the molecule is Nc1nc2ccc(C(=O)N(c3cnn(C4CC4)c3)C3COc4cc(C(F)(F)F)ccc43)cc2n2cncc12. The molecule has 0 saturated heterocycles. The second kappa shape index (κ2) is 7.94. The third-order valence-electron chi connectivity index (χ3n) is 7.04. The van der Waals surface area contributed by atoms with Gasteiger partial charge in [0, 0.05) is 17.3 Å². The maximum atomic E-state index is 14.1. The van der Waals surface area contributed by atoms with E-state index >= 15 is 0 Å². The zero-order valence-corrected chi connectivity index (χ0v) is 19.8. The Kier molecular flexibility index (Phi) is 4.72. The van der Waals surface area contributed by atoms with E-state index in [1.807, 2.05) is 4.68 Å². The van der Waals surface area contributed by atoms with E-state index in [9.17, 15) is 18.0 Å². The average molecular weight is 519 g/mol. The Hall–Kier alpha value is -4.61. The van der Waals surface area contributed by atoms with Crippen molar-refractivity contribution >= 4 is 34.0 Å². The van der Waals surface area contributed by atoms with Gasteiger partial charge >= 0.3 is 6.18 Å². The van der Waals surface area contributed by atoms with Gasteiger partial charge in [0.15, 0.2) is 0 Å². The first-order valence-corrected chi connectivity index (χ1v) is 12.0. The summed E-state index contributed by atoms with van der Waals surface area (Å²) >= 11 is 0. The van der Waals surface area contributed by atoms with E-state index in [4.69, 9.17) is 10.5 Å². The molecule has 1 fully saturated rings. The summed E-state index contributed by atoms with van der Waals surface area (Å²) in [6.45, 7) is 0.00836. The third-order valence-corrected chi connectivity index (χ3v) is 7.04. The number of hydrogen-bond acceptors (Lipinski definition) is 6. The summed E-state index contributed by atoms with van der Waals surface area (Å²) in [6, 6.07) is 8.08. The minimum absolute atomic E-state index is 0.00836. The van der Waals surface area contributed by atoms with Gasteiger partial charge in [-0.2, -0.15) is 18.3 Å². The molecule has 0 bridgehead atoms. The van der Waals surface area contributed by atoms with E-state index < -0.39 is 17.8 Å². The maximum Gasteiger partial charge on any atom is 0.416 e. The zero-order valence-electron chi connectivity index (χ0n) is 19.8. The lowest BCUT2D eigenvalue weighted by Crippen LogP contribution is -2.35. The molecule has 5 aromatic rings. The highest BCUT2D eigenvalue weighted by Gasteiger charge is 2.38. The highest BCUT2D eigenvalue weighted by atomic mass is 19.4. The van der Waals surface area contributed by atoms with Crippen LogP contribution in [0.3, 0.4) is 0 Å². The lowest BCUT2D eigenvalue weighted by Gasteiger charge is -2.27. The molecule has 0 radical (unpaired) electrons. The molecule has 1 saturated carbocycles. The normalized spacial score (nSPS) is 17.1. The number of nitrogens with two attached hydrogens (primary N) is 1. The van der Waals surface area contributed by atoms with Crippen molar-refractivity contribution in [1.82, 2.24) is 24.1 Å². The molecular formula is C26H20F3N7O2. The van der Waals surface area contributed by atoms with Crippen molar-refractivity contribution in [3.8, 4) is 5.75 Å². The number of carbonyl (C=O) groups excluding carboxylic acids is 1. The first kappa shape index (κ1) is 22.6. The lowest BCUT2D eigenvalue weighted by atomic mass is 10.0. The molecule has 12 heteroatoms. The van der Waals surface area contributed by atoms with Crippen LogP contribution in [0.15, 0.2) is 61.3 Å². The van der Waals surface area contributed by atoms with Gasteiger partial charge in [-0.15, -0.1) is 0 Å². The topological polar surface area (TPSA) is 104 Å². The number of carbonyl (C=O) groups is 1. The highest BCUT2D eigenvalue weighted by Crippen LogP contribution is 2.43. The summed E-state index contributed by atoms with van der Waals surface area (Å²) in [7, 11) is 0. The summed E-state index contributed by atoms with van der Waals surface area (Å²) in [4.78, 5) is 24.2. The van der Waals surface area contributed by atoms with Gasteiger partial charge in [-0.3, -0.25) is 18.8 Å². The molecule has 1 unspecified atom stereocenters. The van der Waals surface area contributed by atoms with E-state index in [0.717, 1.165) is 25.0 Å². The molecule has 9 nitrogen and oxygen atoms in total. The Morgan fingerprint density at radius 2 is 1.95 bits per heavy atom. The Labute approximate surface area is 213 Å². The standard InChI is InChI=1S/C26H20F3N7O2/c27-26(28,29)15-2-5-18-22(12-38-23(18)8-15)36(17-9-32-35(11-17)16-3-4-16)25(37)14-1-6-19-20(7-14)34-13-31-10-21(34)24(30)33-19/h1-2,5-11,13,16,22H,3-4,12H2,(H2,30,33). The van der Waals surface area contributed by atoms with E-state index in [2.05, 4.69) is 15.1 Å². The Morgan fingerprint density at radius 3 is 2.74 bits per heavy atom. The van der Waals surface area contributed by atoms with Gasteiger partial charge in [0.2, 0.25) is 0 Å². The summed E-state index contributed by atoms with van der Waals surface area (Å²) in [6.07, 6.45) is 4.11. The van der Waals surface area contributed by atoms with Crippen LogP contribution < -0.4 is 15.4 Å². The minimum Gasteiger partial charge on any atom is -0.491 e. The first-order valence-electron chi connectivity index (χ1n) is 12.0. The highest BCUT2D eigenvalue weighted by molar-refractivity contribution is 6.08. The molecule has 2 aromatic carbocycles. The molecule has 2 aliphatic rings. The second-order valence-electron chi connectivity index (χ2n) is 9.51. The summed E-state index contributed by atoms with van der Waals surface area (Å²) in [5.41, 5.74) is 8.48. The Bertz CT molecular complexity index is 1740. The molecular weight excluding hydrogens is 499 g/mol. The van der Waals surface area contributed by atoms with Crippen LogP contribution in [-0.2, 0) is 6.18 Å². The van der Waals surface area contributed by atoms with E-state index in [0.29, 0.717) is 39.2 Å². The monoisotopic (exact) mass is 519 g/mol. The van der Waals surface area contributed by atoms with Crippen molar-refractivity contribution in [3.05, 3.63) is 78.0 Å². The average Bonchev–Trinajstić information content (AvgIpc) is 3.28. The molecule has 1 aliphatic carbocycles. The van der Waals surface area contributed by atoms with Gasteiger partial charge in [0.05, 0.1) is 53.1 Å². The number of alkyl halides is 3. The van der Waals surface area contributed by atoms with Crippen molar-refractivity contribution in [2.45, 2.75) is 31.1 Å². The van der Waals surface area contributed by atoms with Gasteiger partial charge in [0.25, 0.3) is 5.91 Å². The molecule has 38 heavy (non-hydrogen) atoms. The summed E-state index contributed by atoms with van der Waals surface area (Å²) < 4.78 is 49.2. The molecule has 2 N–H and O–H groups in total. The second-order valence-corrected chi connectivity index (χ2v) is 9.51. The number of fused-ring (bicyclic) bond motifs is 4. The van der Waals surface area contributed by atoms with Crippen LogP contribution in [0.5, 0.6) is 5.75 Å². The Morgan fingerprint density at radius 1 is 1.11 bits per heavy atom.